The summed E-state index contributed by atoms with van der Waals surface area (Å²) in [6.07, 6.45) is -5.01. The van der Waals surface area contributed by atoms with Gasteiger partial charge in [0.05, 0.1) is 21.5 Å². The Hall–Kier alpha value is -2.44. The number of nitrogens with one attached hydrogen (secondary N) is 1. The Kier molecular flexibility index (Phi) is 4.91. The summed E-state index contributed by atoms with van der Waals surface area (Å²) in [5.74, 6) is 0. The Bertz CT molecular complexity index is 809. The third-order valence-electron chi connectivity index (χ3n) is 2.93. The van der Waals surface area contributed by atoms with Gasteiger partial charge in [-0.25, -0.2) is 0 Å². The minimum absolute atomic E-state index is 0.179. The van der Waals surface area contributed by atoms with E-state index in [0.717, 1.165) is 3.57 Å². The molecule has 0 aliphatic rings. The predicted octanol–water partition coefficient (Wildman–Crippen LogP) is 4.87. The molecule has 24 heavy (non-hydrogen) atoms. The van der Waals surface area contributed by atoms with Crippen molar-refractivity contribution in [2.75, 3.05) is 5.32 Å². The fourth-order valence-electron chi connectivity index (χ4n) is 1.89. The molecule has 0 amide bonds. The molecule has 0 spiro atoms. The van der Waals surface area contributed by atoms with Crippen LogP contribution in [-0.2, 0) is 6.18 Å². The number of hydrogen-bond acceptors (Lipinski definition) is 5. The molecule has 0 radical (unpaired) electrons. The third-order valence-corrected chi connectivity index (χ3v) is 3.65. The van der Waals surface area contributed by atoms with Crippen molar-refractivity contribution >= 4 is 45.3 Å². The maximum absolute atomic E-state index is 13.2. The summed E-state index contributed by atoms with van der Waals surface area (Å²) in [5.41, 5.74) is -4.20. The number of alkyl halides is 3. The van der Waals surface area contributed by atoms with Crippen LogP contribution in [0.3, 0.4) is 0 Å². The first kappa shape index (κ1) is 17.9. The zero-order valence-corrected chi connectivity index (χ0v) is 13.7. The fraction of sp³-hybridized carbons (Fsp3) is 0.0769. The van der Waals surface area contributed by atoms with E-state index in [0.29, 0.717) is 6.07 Å². The van der Waals surface area contributed by atoms with Crippen LogP contribution in [0.2, 0.25) is 0 Å². The molecule has 0 heterocycles. The highest BCUT2D eigenvalue weighted by atomic mass is 127. The predicted molar refractivity (Wildman–Crippen MR) is 87.2 cm³/mol. The van der Waals surface area contributed by atoms with Gasteiger partial charge in [0.25, 0.3) is 11.4 Å². The molecule has 2 rings (SSSR count). The van der Waals surface area contributed by atoms with E-state index in [1.807, 2.05) is 22.6 Å². The molecule has 0 saturated heterocycles. The highest BCUT2D eigenvalue weighted by Gasteiger charge is 2.39. The van der Waals surface area contributed by atoms with E-state index < -0.39 is 38.6 Å². The Morgan fingerprint density at radius 2 is 1.58 bits per heavy atom. The van der Waals surface area contributed by atoms with Crippen molar-refractivity contribution in [2.45, 2.75) is 6.18 Å². The molecule has 2 aromatic rings. The van der Waals surface area contributed by atoms with E-state index in [9.17, 15) is 33.4 Å². The lowest BCUT2D eigenvalue weighted by Gasteiger charge is -2.14. The lowest BCUT2D eigenvalue weighted by Crippen LogP contribution is -2.11. The monoisotopic (exact) mass is 453 g/mol. The van der Waals surface area contributed by atoms with Gasteiger partial charge in [-0.15, -0.1) is 0 Å². The van der Waals surface area contributed by atoms with E-state index in [4.69, 9.17) is 0 Å². The van der Waals surface area contributed by atoms with Gasteiger partial charge in [-0.1, -0.05) is 0 Å². The summed E-state index contributed by atoms with van der Waals surface area (Å²) >= 11 is 1.98. The third kappa shape index (κ3) is 3.90. The second-order valence-electron chi connectivity index (χ2n) is 4.53. The number of rotatable bonds is 4. The van der Waals surface area contributed by atoms with Gasteiger partial charge in [-0.3, -0.25) is 20.2 Å². The van der Waals surface area contributed by atoms with Crippen molar-refractivity contribution in [1.82, 2.24) is 0 Å². The number of nitro groups is 2. The number of hydrogen-bond donors (Lipinski definition) is 1. The summed E-state index contributed by atoms with van der Waals surface area (Å²) in [7, 11) is 0. The molecule has 7 nitrogen and oxygen atoms in total. The zero-order valence-electron chi connectivity index (χ0n) is 11.5. The molecular formula is C13H7F3IN3O4. The summed E-state index contributed by atoms with van der Waals surface area (Å²) in [4.78, 5) is 19.6. The molecule has 11 heteroatoms. The van der Waals surface area contributed by atoms with E-state index in [2.05, 4.69) is 5.32 Å². The van der Waals surface area contributed by atoms with Crippen LogP contribution in [0.25, 0.3) is 0 Å². The quantitative estimate of drug-likeness (QED) is 0.405. The molecular weight excluding hydrogens is 446 g/mol. The summed E-state index contributed by atoms with van der Waals surface area (Å²) < 4.78 is 40.5. The number of anilines is 2. The van der Waals surface area contributed by atoms with Crippen LogP contribution in [0.1, 0.15) is 5.56 Å². The molecule has 0 atom stereocenters. The van der Waals surface area contributed by atoms with Gasteiger partial charge < -0.3 is 5.32 Å². The van der Waals surface area contributed by atoms with Crippen molar-refractivity contribution in [3.05, 3.63) is 65.8 Å². The standard InChI is InChI=1S/C13H7F3IN3O4/c14-13(15,16)10-5-9(19(21)22)6-11(20(23)24)12(10)18-8-3-1-7(17)2-4-8/h1-6,18H. The number of non-ortho nitro benzene ring substituents is 1. The molecule has 126 valence electrons. The van der Waals surface area contributed by atoms with Gasteiger partial charge in [0.1, 0.15) is 5.69 Å². The topological polar surface area (TPSA) is 98.3 Å². The highest BCUT2D eigenvalue weighted by Crippen LogP contribution is 2.43. The number of halogens is 4. The lowest BCUT2D eigenvalue weighted by molar-refractivity contribution is -0.394. The molecule has 0 saturated carbocycles. The van der Waals surface area contributed by atoms with Crippen LogP contribution >= 0.6 is 22.6 Å². The SMILES string of the molecule is O=[N+]([O-])c1cc([N+](=O)[O-])c(Nc2ccc(I)cc2)c(C(F)(F)F)c1. The van der Waals surface area contributed by atoms with Gasteiger partial charge in [0.15, 0.2) is 0 Å². The first-order chi connectivity index (χ1) is 11.1. The molecule has 0 bridgehead atoms. The number of benzene rings is 2. The molecule has 0 unspecified atom stereocenters. The van der Waals surface area contributed by atoms with Crippen LogP contribution in [0.4, 0.5) is 35.9 Å². The number of nitro benzene ring substituents is 2. The van der Waals surface area contributed by atoms with Gasteiger partial charge in [-0.2, -0.15) is 13.2 Å². The van der Waals surface area contributed by atoms with Crippen molar-refractivity contribution in [3.8, 4) is 0 Å². The summed E-state index contributed by atoms with van der Waals surface area (Å²) in [6.45, 7) is 0. The first-order valence-electron chi connectivity index (χ1n) is 6.16. The maximum atomic E-state index is 13.2. The van der Waals surface area contributed by atoms with Crippen molar-refractivity contribution < 1.29 is 23.0 Å². The Balaban J connectivity index is 2.68. The van der Waals surface area contributed by atoms with E-state index in [1.165, 1.54) is 12.1 Å². The average Bonchev–Trinajstić information content (AvgIpc) is 2.48. The van der Waals surface area contributed by atoms with Gasteiger partial charge in [0, 0.05) is 15.3 Å². The Morgan fingerprint density at radius 3 is 2.04 bits per heavy atom. The Morgan fingerprint density at radius 1 is 1.00 bits per heavy atom. The van der Waals surface area contributed by atoms with Gasteiger partial charge in [0.2, 0.25) is 0 Å². The van der Waals surface area contributed by atoms with Crippen molar-refractivity contribution in [1.29, 1.82) is 0 Å². The van der Waals surface area contributed by atoms with Crippen molar-refractivity contribution in [2.24, 2.45) is 0 Å². The van der Waals surface area contributed by atoms with E-state index in [-0.39, 0.29) is 11.8 Å². The van der Waals surface area contributed by atoms with Crippen LogP contribution in [-0.4, -0.2) is 9.85 Å². The summed E-state index contributed by atoms with van der Waals surface area (Å²) in [6, 6.07) is 6.81. The molecule has 0 aromatic heterocycles. The van der Waals surface area contributed by atoms with Crippen LogP contribution < -0.4 is 5.32 Å². The van der Waals surface area contributed by atoms with Crippen LogP contribution in [0.5, 0.6) is 0 Å². The normalized spacial score (nSPS) is 11.2. The van der Waals surface area contributed by atoms with Gasteiger partial charge >= 0.3 is 6.18 Å². The molecule has 0 fully saturated rings. The second kappa shape index (κ2) is 6.59. The number of nitrogens with zero attached hydrogens (tertiary/aromatic N) is 2. The second-order valence-corrected chi connectivity index (χ2v) is 5.78. The smallest absolute Gasteiger partial charge is 0.349 e. The molecule has 0 aliphatic carbocycles. The van der Waals surface area contributed by atoms with Crippen molar-refractivity contribution in [3.63, 3.8) is 0 Å². The Labute approximate surface area is 145 Å². The van der Waals surface area contributed by atoms with Gasteiger partial charge in [-0.05, 0) is 46.9 Å². The van der Waals surface area contributed by atoms with Crippen LogP contribution in [0.15, 0.2) is 36.4 Å². The minimum atomic E-state index is -5.01. The summed E-state index contributed by atoms with van der Waals surface area (Å²) in [5, 5.41) is 24.2. The average molecular weight is 453 g/mol. The zero-order chi connectivity index (χ0) is 18.1. The highest BCUT2D eigenvalue weighted by molar-refractivity contribution is 14.1. The van der Waals surface area contributed by atoms with E-state index in [1.54, 1.807) is 12.1 Å². The fourth-order valence-corrected chi connectivity index (χ4v) is 2.25. The lowest BCUT2D eigenvalue weighted by atomic mass is 10.1. The maximum Gasteiger partial charge on any atom is 0.418 e. The van der Waals surface area contributed by atoms with Crippen LogP contribution in [0, 0.1) is 23.8 Å². The first-order valence-corrected chi connectivity index (χ1v) is 7.24. The minimum Gasteiger partial charge on any atom is -0.349 e. The van der Waals surface area contributed by atoms with E-state index >= 15 is 0 Å². The molecule has 0 aliphatic heterocycles. The molecule has 2 aromatic carbocycles. The molecule has 1 N–H and O–H groups in total. The largest absolute Gasteiger partial charge is 0.418 e.